The molecule has 458 valence electrons. The van der Waals surface area contributed by atoms with E-state index in [0.29, 0.717) is 19.3 Å². The molecule has 0 rings (SSSR count). The molecule has 0 radical (unpaired) electrons. The van der Waals surface area contributed by atoms with Gasteiger partial charge < -0.3 is 14.2 Å². The van der Waals surface area contributed by atoms with Crippen LogP contribution >= 0.6 is 0 Å². The number of rotatable bonds is 61. The number of hydrogen-bond acceptors (Lipinski definition) is 6. The van der Waals surface area contributed by atoms with Gasteiger partial charge in [0.15, 0.2) is 6.10 Å². The van der Waals surface area contributed by atoms with E-state index in [-0.39, 0.29) is 31.1 Å². The molecule has 0 aromatic heterocycles. The number of hydrogen-bond donors (Lipinski definition) is 0. The van der Waals surface area contributed by atoms with Crippen LogP contribution in [0.15, 0.2) is 109 Å². The lowest BCUT2D eigenvalue weighted by molar-refractivity contribution is -0.167. The Balaban J connectivity index is 4.41. The molecule has 6 heteroatoms. The van der Waals surface area contributed by atoms with Crippen LogP contribution in [-0.4, -0.2) is 37.2 Å². The normalized spacial score (nSPS) is 12.8. The Hall–Kier alpha value is -3.93. The smallest absolute Gasteiger partial charge is 0.306 e. The highest BCUT2D eigenvalue weighted by Gasteiger charge is 2.19. The molecule has 6 nitrogen and oxygen atoms in total. The third-order valence-corrected chi connectivity index (χ3v) is 14.5. The first-order valence-electron chi connectivity index (χ1n) is 33.9. The molecule has 80 heavy (non-hydrogen) atoms. The maximum absolute atomic E-state index is 12.9. The van der Waals surface area contributed by atoms with Gasteiger partial charge in [0.1, 0.15) is 13.2 Å². The van der Waals surface area contributed by atoms with E-state index in [1.807, 2.05) is 0 Å². The Bertz CT molecular complexity index is 1610. The zero-order chi connectivity index (χ0) is 57.8. The first kappa shape index (κ1) is 76.1. The van der Waals surface area contributed by atoms with Crippen LogP contribution in [0.2, 0.25) is 0 Å². The highest BCUT2D eigenvalue weighted by atomic mass is 16.6. The fourth-order valence-corrected chi connectivity index (χ4v) is 9.41. The average molecular weight is 1110 g/mol. The summed E-state index contributed by atoms with van der Waals surface area (Å²) in [6.07, 6.45) is 92.3. The van der Waals surface area contributed by atoms with E-state index in [9.17, 15) is 14.4 Å². The third-order valence-electron chi connectivity index (χ3n) is 14.5. The van der Waals surface area contributed by atoms with Crippen molar-refractivity contribution in [2.24, 2.45) is 0 Å². The second-order valence-corrected chi connectivity index (χ2v) is 22.3. The minimum absolute atomic E-state index is 0.0879. The lowest BCUT2D eigenvalue weighted by Crippen LogP contribution is -2.30. The summed E-state index contributed by atoms with van der Waals surface area (Å²) in [6.45, 7) is 6.53. The van der Waals surface area contributed by atoms with Gasteiger partial charge in [0.05, 0.1) is 0 Å². The maximum Gasteiger partial charge on any atom is 0.306 e. The minimum Gasteiger partial charge on any atom is -0.462 e. The van der Waals surface area contributed by atoms with Gasteiger partial charge >= 0.3 is 17.9 Å². The number of unbranched alkanes of at least 4 members (excludes halogenated alkanes) is 32. The van der Waals surface area contributed by atoms with E-state index in [4.69, 9.17) is 14.2 Å². The highest BCUT2D eigenvalue weighted by Crippen LogP contribution is 2.16. The Morgan fingerprint density at radius 1 is 0.263 bits per heavy atom. The molecule has 0 aromatic carbocycles. The van der Waals surface area contributed by atoms with E-state index in [1.165, 1.54) is 161 Å². The van der Waals surface area contributed by atoms with Gasteiger partial charge in [-0.2, -0.15) is 0 Å². The van der Waals surface area contributed by atoms with Crippen LogP contribution in [0.5, 0.6) is 0 Å². The van der Waals surface area contributed by atoms with Crippen molar-refractivity contribution in [1.29, 1.82) is 0 Å². The van der Waals surface area contributed by atoms with Crippen molar-refractivity contribution >= 4 is 17.9 Å². The molecule has 0 bridgehead atoms. The van der Waals surface area contributed by atoms with E-state index < -0.39 is 6.10 Å². The zero-order valence-corrected chi connectivity index (χ0v) is 52.6. The molecule has 0 N–H and O–H groups in total. The quantitative estimate of drug-likeness (QED) is 0.0261. The lowest BCUT2D eigenvalue weighted by atomic mass is 10.1. The fourth-order valence-electron chi connectivity index (χ4n) is 9.41. The van der Waals surface area contributed by atoms with Gasteiger partial charge in [-0.25, -0.2) is 0 Å². The monoisotopic (exact) mass is 1110 g/mol. The van der Waals surface area contributed by atoms with Crippen molar-refractivity contribution in [3.8, 4) is 0 Å². The summed E-state index contributed by atoms with van der Waals surface area (Å²) in [6, 6.07) is 0. The minimum atomic E-state index is -0.794. The molecule has 0 fully saturated rings. The van der Waals surface area contributed by atoms with Crippen LogP contribution in [0.4, 0.5) is 0 Å². The van der Waals surface area contributed by atoms with Crippen molar-refractivity contribution in [3.05, 3.63) is 109 Å². The highest BCUT2D eigenvalue weighted by molar-refractivity contribution is 5.71. The summed E-state index contributed by atoms with van der Waals surface area (Å²) < 4.78 is 17.0. The van der Waals surface area contributed by atoms with Crippen LogP contribution in [0.25, 0.3) is 0 Å². The molecular formula is C74H126O6. The second-order valence-electron chi connectivity index (χ2n) is 22.3. The van der Waals surface area contributed by atoms with Crippen molar-refractivity contribution in [2.45, 2.75) is 329 Å². The zero-order valence-electron chi connectivity index (χ0n) is 52.6. The molecule has 0 amide bonds. The molecule has 0 spiro atoms. The first-order chi connectivity index (χ1) is 39.5. The van der Waals surface area contributed by atoms with E-state index in [0.717, 1.165) is 122 Å². The SMILES string of the molecule is CC/C=C\C/C=C\C/C=C\C/C=C\C/C=C\C/C=C\C/C=C\CCCCCCCC(=O)OCC(COC(=O)CCCCCCCCC/C=C\CCCCCCCC)OC(=O)CCCCCCCCC/C=C\CCCCCCCCC. The van der Waals surface area contributed by atoms with Gasteiger partial charge in [0.2, 0.25) is 0 Å². The Morgan fingerprint density at radius 3 is 0.775 bits per heavy atom. The Kier molecular flexibility index (Phi) is 64.3. The predicted octanol–water partition coefficient (Wildman–Crippen LogP) is 23.4. The van der Waals surface area contributed by atoms with Crippen LogP contribution in [0.3, 0.4) is 0 Å². The van der Waals surface area contributed by atoms with Crippen LogP contribution in [0.1, 0.15) is 323 Å². The van der Waals surface area contributed by atoms with Crippen LogP contribution < -0.4 is 0 Å². The standard InChI is InChI=1S/C74H126O6/c1-4-7-10-13-16-19-22-25-28-31-33-34-35-36-37-38-39-40-41-44-46-49-52-55-58-61-64-67-73(76)79-70-71(69-78-72(75)66-63-60-57-54-51-48-45-42-30-27-24-21-18-15-12-9-6-3)80-74(77)68-65-62-59-56-53-50-47-43-32-29-26-23-20-17-14-11-8-5-2/h7,10,16,19,25,27-30,32-34,36-37,39-40,44,46,71H,4-6,8-9,11-15,17-18,20-24,26,31,35,38,41-43,45,47-70H2,1-3H3/b10-7-,19-16-,28-25-,30-27-,32-29-,34-33-,37-36-,40-39-,46-44-. The van der Waals surface area contributed by atoms with Crippen LogP contribution in [0, 0.1) is 0 Å². The van der Waals surface area contributed by atoms with Gasteiger partial charge in [-0.05, 0) is 128 Å². The van der Waals surface area contributed by atoms with Gasteiger partial charge in [-0.3, -0.25) is 14.4 Å². The summed E-state index contributed by atoms with van der Waals surface area (Å²) in [5, 5.41) is 0. The van der Waals surface area contributed by atoms with Gasteiger partial charge in [0, 0.05) is 19.3 Å². The number of carbonyl (C=O) groups is 3. The molecule has 0 aliphatic carbocycles. The molecule has 0 aliphatic rings. The van der Waals surface area contributed by atoms with Gasteiger partial charge in [0.25, 0.3) is 0 Å². The van der Waals surface area contributed by atoms with Crippen molar-refractivity contribution in [3.63, 3.8) is 0 Å². The summed E-state index contributed by atoms with van der Waals surface area (Å²) in [4.78, 5) is 38.4. The summed E-state index contributed by atoms with van der Waals surface area (Å²) >= 11 is 0. The number of esters is 3. The van der Waals surface area contributed by atoms with Crippen LogP contribution in [-0.2, 0) is 28.6 Å². The van der Waals surface area contributed by atoms with Gasteiger partial charge in [-0.15, -0.1) is 0 Å². The summed E-state index contributed by atoms with van der Waals surface area (Å²) in [5.74, 6) is -0.905. The summed E-state index contributed by atoms with van der Waals surface area (Å²) in [7, 11) is 0. The second kappa shape index (κ2) is 67.6. The number of ether oxygens (including phenoxy) is 3. The molecule has 0 aliphatic heterocycles. The number of carbonyl (C=O) groups excluding carboxylic acids is 3. The van der Waals surface area contributed by atoms with E-state index >= 15 is 0 Å². The topological polar surface area (TPSA) is 78.9 Å². The third kappa shape index (κ3) is 64.9. The molecule has 0 aromatic rings. The van der Waals surface area contributed by atoms with E-state index in [2.05, 4.69) is 130 Å². The van der Waals surface area contributed by atoms with Crippen molar-refractivity contribution < 1.29 is 28.6 Å². The fraction of sp³-hybridized carbons (Fsp3) is 0.716. The Labute approximate surface area is 495 Å². The molecule has 0 saturated carbocycles. The van der Waals surface area contributed by atoms with Crippen molar-refractivity contribution in [2.75, 3.05) is 13.2 Å². The first-order valence-corrected chi connectivity index (χ1v) is 33.9. The maximum atomic E-state index is 12.9. The van der Waals surface area contributed by atoms with Crippen molar-refractivity contribution in [1.82, 2.24) is 0 Å². The summed E-state index contributed by atoms with van der Waals surface area (Å²) in [5.41, 5.74) is 0. The molecule has 0 saturated heterocycles. The predicted molar refractivity (Wildman–Crippen MR) is 348 cm³/mol. The molecule has 1 atom stereocenters. The average Bonchev–Trinajstić information content (AvgIpc) is 3.46. The van der Waals surface area contributed by atoms with E-state index in [1.54, 1.807) is 0 Å². The lowest BCUT2D eigenvalue weighted by Gasteiger charge is -2.18. The largest absolute Gasteiger partial charge is 0.462 e. The molecule has 0 heterocycles. The Morgan fingerprint density at radius 2 is 0.487 bits per heavy atom. The molecular weight excluding hydrogens is 985 g/mol. The van der Waals surface area contributed by atoms with Gasteiger partial charge in [-0.1, -0.05) is 284 Å². The molecule has 1 unspecified atom stereocenters. The number of allylic oxidation sites excluding steroid dienone is 18.